The van der Waals surface area contributed by atoms with Gasteiger partial charge in [0, 0.05) is 16.8 Å². The maximum Gasteiger partial charge on any atom is 0.346 e. The third-order valence-electron chi connectivity index (χ3n) is 3.82. The van der Waals surface area contributed by atoms with Crippen molar-refractivity contribution < 1.29 is 24.8 Å². The average Bonchev–Trinajstić information content (AvgIpc) is 2.55. The Bertz CT molecular complexity index is 958. The van der Waals surface area contributed by atoms with Crippen molar-refractivity contribution in [2.75, 3.05) is 0 Å². The fraction of sp³-hybridized carbons (Fsp3) is 0. The van der Waals surface area contributed by atoms with Crippen LogP contribution in [0.25, 0.3) is 10.8 Å². The zero-order valence-corrected chi connectivity index (χ0v) is 12.0. The molecular formula is C18H12NO4+. The smallest absolute Gasteiger partial charge is 0.346 e. The van der Waals surface area contributed by atoms with Gasteiger partial charge >= 0.3 is 11.9 Å². The lowest BCUT2D eigenvalue weighted by atomic mass is 9.96. The fourth-order valence-electron chi connectivity index (χ4n) is 2.73. The van der Waals surface area contributed by atoms with Crippen molar-refractivity contribution in [3.05, 3.63) is 65.7 Å². The quantitative estimate of drug-likeness (QED) is 0.583. The van der Waals surface area contributed by atoms with Gasteiger partial charge in [0.15, 0.2) is 11.4 Å². The Kier molecular flexibility index (Phi) is 2.89. The van der Waals surface area contributed by atoms with E-state index in [-0.39, 0.29) is 0 Å². The number of para-hydroxylation sites is 1. The van der Waals surface area contributed by atoms with E-state index in [1.54, 1.807) is 24.3 Å². The van der Waals surface area contributed by atoms with Crippen LogP contribution in [0, 0.1) is 0 Å². The summed E-state index contributed by atoms with van der Waals surface area (Å²) in [6.45, 7) is 0. The molecule has 0 atom stereocenters. The van der Waals surface area contributed by atoms with Crippen LogP contribution in [0.5, 0.6) is 11.5 Å². The lowest BCUT2D eigenvalue weighted by molar-refractivity contribution is -0.256. The first-order chi connectivity index (χ1) is 11.1. The molecule has 1 aliphatic rings. The molecule has 3 N–H and O–H groups in total. The first-order valence-electron chi connectivity index (χ1n) is 7.06. The highest BCUT2D eigenvalue weighted by Crippen LogP contribution is 2.37. The normalized spacial score (nSPS) is 13.1. The Labute approximate surface area is 131 Å². The number of carbonyl (C=O) groups excluding carboxylic acids is 2. The van der Waals surface area contributed by atoms with Crippen molar-refractivity contribution in [2.24, 2.45) is 0 Å². The van der Waals surface area contributed by atoms with Crippen LogP contribution in [0.15, 0.2) is 54.6 Å². The second-order valence-electron chi connectivity index (χ2n) is 5.23. The summed E-state index contributed by atoms with van der Waals surface area (Å²) < 4.78 is 10.7. The summed E-state index contributed by atoms with van der Waals surface area (Å²) in [7, 11) is 0. The summed E-state index contributed by atoms with van der Waals surface area (Å²) >= 11 is 0. The highest BCUT2D eigenvalue weighted by molar-refractivity contribution is 6.21. The molecule has 23 heavy (non-hydrogen) atoms. The van der Waals surface area contributed by atoms with Crippen molar-refractivity contribution >= 4 is 28.4 Å². The molecule has 1 heterocycles. The molecule has 5 nitrogen and oxygen atoms in total. The van der Waals surface area contributed by atoms with Crippen LogP contribution in [0.2, 0.25) is 0 Å². The minimum absolute atomic E-state index is 0.366. The Morgan fingerprint density at radius 2 is 1.52 bits per heavy atom. The van der Waals surface area contributed by atoms with E-state index in [0.717, 1.165) is 5.69 Å². The maximum atomic E-state index is 11.9. The van der Waals surface area contributed by atoms with Crippen molar-refractivity contribution in [1.82, 2.24) is 0 Å². The van der Waals surface area contributed by atoms with E-state index in [2.05, 4.69) is 5.73 Å². The fourth-order valence-corrected chi connectivity index (χ4v) is 2.73. The van der Waals surface area contributed by atoms with Crippen molar-refractivity contribution in [2.45, 2.75) is 0 Å². The Balaban J connectivity index is 1.94. The average molecular weight is 306 g/mol. The van der Waals surface area contributed by atoms with E-state index in [4.69, 9.17) is 9.47 Å². The summed E-state index contributed by atoms with van der Waals surface area (Å²) in [4.78, 5) is 23.8. The van der Waals surface area contributed by atoms with Gasteiger partial charge in [-0.1, -0.05) is 24.3 Å². The van der Waals surface area contributed by atoms with Gasteiger partial charge in [-0.15, -0.1) is 0 Å². The van der Waals surface area contributed by atoms with Gasteiger partial charge in [0.25, 0.3) is 0 Å². The number of carbonyl (C=O) groups is 2. The predicted molar refractivity (Wildman–Crippen MR) is 82.8 cm³/mol. The molecule has 0 aliphatic carbocycles. The van der Waals surface area contributed by atoms with Crippen molar-refractivity contribution in [3.8, 4) is 11.5 Å². The van der Waals surface area contributed by atoms with Gasteiger partial charge < -0.3 is 15.2 Å². The molecule has 5 heteroatoms. The molecular weight excluding hydrogens is 294 g/mol. The van der Waals surface area contributed by atoms with Crippen molar-refractivity contribution in [3.63, 3.8) is 0 Å². The molecule has 0 radical (unpaired) electrons. The lowest BCUT2D eigenvalue weighted by Gasteiger charge is -2.17. The number of benzene rings is 3. The number of esters is 2. The molecule has 0 saturated carbocycles. The molecule has 0 spiro atoms. The number of hydrogen-bond donors (Lipinski definition) is 1. The van der Waals surface area contributed by atoms with Gasteiger partial charge in [0.2, 0.25) is 0 Å². The van der Waals surface area contributed by atoms with Crippen molar-refractivity contribution in [1.29, 1.82) is 0 Å². The Morgan fingerprint density at radius 3 is 2.30 bits per heavy atom. The lowest BCUT2D eigenvalue weighted by Crippen LogP contribution is -2.40. The van der Waals surface area contributed by atoms with Gasteiger partial charge in [0.05, 0.1) is 11.1 Å². The first-order valence-corrected chi connectivity index (χ1v) is 7.06. The van der Waals surface area contributed by atoms with Crippen LogP contribution in [-0.2, 0) is 4.74 Å². The third-order valence-corrected chi connectivity index (χ3v) is 3.82. The summed E-state index contributed by atoms with van der Waals surface area (Å²) in [5, 5.41) is 1.25. The van der Waals surface area contributed by atoms with E-state index >= 15 is 0 Å². The van der Waals surface area contributed by atoms with Crippen LogP contribution in [-0.4, -0.2) is 11.9 Å². The number of cyclic esters (lactones) is 2. The number of ether oxygens (including phenoxy) is 2. The van der Waals surface area contributed by atoms with Crippen LogP contribution in [0.3, 0.4) is 0 Å². The molecule has 112 valence electrons. The largest absolute Gasteiger partial charge is 0.450 e. The number of hydrogen-bond acceptors (Lipinski definition) is 4. The number of rotatable bonds is 2. The van der Waals surface area contributed by atoms with Gasteiger partial charge in [-0.2, -0.15) is 0 Å². The highest BCUT2D eigenvalue weighted by Gasteiger charge is 2.28. The topological polar surface area (TPSA) is 80.2 Å². The Hall–Kier alpha value is -3.18. The maximum absolute atomic E-state index is 11.9. The van der Waals surface area contributed by atoms with E-state index < -0.39 is 11.9 Å². The third kappa shape index (κ3) is 2.06. The summed E-state index contributed by atoms with van der Waals surface area (Å²) in [6, 6.07) is 15.9. The van der Waals surface area contributed by atoms with Gasteiger partial charge in [-0.3, -0.25) is 0 Å². The minimum Gasteiger partial charge on any atom is -0.450 e. The van der Waals surface area contributed by atoms with E-state index in [1.165, 1.54) is 0 Å². The highest BCUT2D eigenvalue weighted by atomic mass is 16.6. The molecule has 4 rings (SSSR count). The molecule has 3 aromatic rings. The molecule has 3 aromatic carbocycles. The zero-order chi connectivity index (χ0) is 16.0. The molecule has 0 aromatic heterocycles. The standard InChI is InChI=1S/C18H11NO4/c19-13-6-1-2-7-15(13)22-14-9-8-12-16-10(14)4-3-5-11(16)17(20)23-18(12)21/h1-9H,19H2/p+1. The minimum atomic E-state index is -0.636. The van der Waals surface area contributed by atoms with Gasteiger partial charge in [0.1, 0.15) is 5.75 Å². The molecule has 1 aliphatic heterocycles. The summed E-state index contributed by atoms with van der Waals surface area (Å²) in [5.41, 5.74) is 5.42. The molecule has 0 saturated heterocycles. The van der Waals surface area contributed by atoms with E-state index in [1.807, 2.05) is 30.3 Å². The zero-order valence-electron chi connectivity index (χ0n) is 12.0. The van der Waals surface area contributed by atoms with Crippen LogP contribution in [0.1, 0.15) is 20.7 Å². The molecule has 0 fully saturated rings. The van der Waals surface area contributed by atoms with E-state index in [9.17, 15) is 9.59 Å². The summed E-state index contributed by atoms with van der Waals surface area (Å²) in [5.74, 6) is -0.0901. The molecule has 0 amide bonds. The van der Waals surface area contributed by atoms with Gasteiger partial charge in [-0.05, 0) is 24.3 Å². The monoisotopic (exact) mass is 306 g/mol. The molecule has 0 unspecified atom stereocenters. The van der Waals surface area contributed by atoms with E-state index in [0.29, 0.717) is 33.4 Å². The van der Waals surface area contributed by atoms with Gasteiger partial charge in [-0.25, -0.2) is 9.59 Å². The van der Waals surface area contributed by atoms with Crippen LogP contribution >= 0.6 is 0 Å². The second kappa shape index (κ2) is 4.93. The van der Waals surface area contributed by atoms with Crippen LogP contribution < -0.4 is 10.5 Å². The van der Waals surface area contributed by atoms with Crippen LogP contribution in [0.4, 0.5) is 5.69 Å². The SMILES string of the molecule is [NH3+]c1ccccc1Oc1ccc2c3c(cccc13)C(=O)OC2=O. The summed E-state index contributed by atoms with van der Waals surface area (Å²) in [6.07, 6.45) is 0. The second-order valence-corrected chi connectivity index (χ2v) is 5.23. The predicted octanol–water partition coefficient (Wildman–Crippen LogP) is 2.82. The number of quaternary nitrogens is 1. The first kappa shape index (κ1) is 13.5. The molecule has 0 bridgehead atoms. The Morgan fingerprint density at radius 1 is 0.783 bits per heavy atom.